The third-order valence-electron chi connectivity index (χ3n) is 9.68. The molecule has 5 aliphatic carbocycles. The first-order chi connectivity index (χ1) is 16.1. The second kappa shape index (κ2) is 8.98. The SMILES string of the molecule is CCC1CCc2c(sc(NC(=O)CN3CCN(C4C5CC6CC(C5)CC4C6)CC3)c2C#N)C1. The summed E-state index contributed by atoms with van der Waals surface area (Å²) in [5.74, 6) is 4.71. The van der Waals surface area contributed by atoms with E-state index < -0.39 is 0 Å². The van der Waals surface area contributed by atoms with E-state index in [-0.39, 0.29) is 5.91 Å². The molecule has 6 aliphatic rings. The predicted octanol–water partition coefficient (Wildman–Crippen LogP) is 4.52. The Hall–Kier alpha value is -1.42. The van der Waals surface area contributed by atoms with E-state index in [1.54, 1.807) is 11.3 Å². The average Bonchev–Trinajstić information content (AvgIpc) is 3.15. The highest BCUT2D eigenvalue weighted by Crippen LogP contribution is 2.55. The Morgan fingerprint density at radius 3 is 2.42 bits per heavy atom. The maximum atomic E-state index is 12.9. The van der Waals surface area contributed by atoms with Crippen LogP contribution in [0.15, 0.2) is 0 Å². The Morgan fingerprint density at radius 2 is 1.79 bits per heavy atom. The van der Waals surface area contributed by atoms with Crippen molar-refractivity contribution < 1.29 is 4.79 Å². The van der Waals surface area contributed by atoms with E-state index in [2.05, 4.69) is 28.1 Å². The minimum Gasteiger partial charge on any atom is -0.315 e. The van der Waals surface area contributed by atoms with Gasteiger partial charge in [0.05, 0.1) is 12.1 Å². The molecular weight excluding hydrogens is 428 g/mol. The van der Waals surface area contributed by atoms with Crippen molar-refractivity contribution in [3.8, 4) is 6.07 Å². The van der Waals surface area contributed by atoms with Crippen LogP contribution in [0.25, 0.3) is 0 Å². The largest absolute Gasteiger partial charge is 0.315 e. The fourth-order valence-electron chi connectivity index (χ4n) is 8.29. The molecule has 178 valence electrons. The van der Waals surface area contributed by atoms with Gasteiger partial charge in [-0.1, -0.05) is 13.3 Å². The van der Waals surface area contributed by atoms with Crippen molar-refractivity contribution in [1.82, 2.24) is 9.80 Å². The molecule has 0 aromatic carbocycles. The van der Waals surface area contributed by atoms with Crippen LogP contribution in [0.2, 0.25) is 0 Å². The van der Waals surface area contributed by atoms with Crippen LogP contribution >= 0.6 is 11.3 Å². The number of nitrogens with one attached hydrogen (secondary N) is 1. The monoisotopic (exact) mass is 466 g/mol. The number of nitrogens with zero attached hydrogens (tertiary/aromatic N) is 3. The van der Waals surface area contributed by atoms with E-state index in [0.717, 1.165) is 91.6 Å². The summed E-state index contributed by atoms with van der Waals surface area (Å²) in [5, 5.41) is 13.7. The molecule has 1 unspecified atom stereocenters. The normalized spacial score (nSPS) is 35.9. The molecule has 4 saturated carbocycles. The van der Waals surface area contributed by atoms with Gasteiger partial charge >= 0.3 is 0 Å². The minimum absolute atomic E-state index is 0.0419. The summed E-state index contributed by atoms with van der Waals surface area (Å²) in [6.07, 6.45) is 11.8. The van der Waals surface area contributed by atoms with Crippen molar-refractivity contribution in [3.05, 3.63) is 16.0 Å². The summed E-state index contributed by atoms with van der Waals surface area (Å²) in [6, 6.07) is 3.20. The van der Waals surface area contributed by atoms with Gasteiger partial charge in [0, 0.05) is 37.1 Å². The van der Waals surface area contributed by atoms with Gasteiger partial charge < -0.3 is 5.32 Å². The number of thiophene rings is 1. The highest BCUT2D eigenvalue weighted by molar-refractivity contribution is 7.16. The van der Waals surface area contributed by atoms with Crippen LogP contribution in [-0.2, 0) is 17.6 Å². The summed E-state index contributed by atoms with van der Waals surface area (Å²) in [5.41, 5.74) is 1.93. The maximum Gasteiger partial charge on any atom is 0.239 e. The van der Waals surface area contributed by atoms with Gasteiger partial charge in [-0.15, -0.1) is 11.3 Å². The number of hydrogen-bond acceptors (Lipinski definition) is 5. The quantitative estimate of drug-likeness (QED) is 0.693. The second-order valence-corrected chi connectivity index (χ2v) is 12.7. The Kier molecular flexibility index (Phi) is 6.01. The molecule has 1 amide bonds. The van der Waals surface area contributed by atoms with Gasteiger partial charge in [-0.05, 0) is 86.5 Å². The van der Waals surface area contributed by atoms with Crippen LogP contribution < -0.4 is 5.32 Å². The van der Waals surface area contributed by atoms with E-state index in [4.69, 9.17) is 0 Å². The zero-order chi connectivity index (χ0) is 22.5. The molecule has 5 nitrogen and oxygen atoms in total. The summed E-state index contributed by atoms with van der Waals surface area (Å²) in [7, 11) is 0. The predicted molar refractivity (Wildman–Crippen MR) is 132 cm³/mol. The van der Waals surface area contributed by atoms with Crippen molar-refractivity contribution in [2.75, 3.05) is 38.0 Å². The smallest absolute Gasteiger partial charge is 0.239 e. The minimum atomic E-state index is 0.0419. The Morgan fingerprint density at radius 1 is 1.09 bits per heavy atom. The van der Waals surface area contributed by atoms with Gasteiger partial charge in [0.15, 0.2) is 0 Å². The van der Waals surface area contributed by atoms with E-state index in [1.807, 2.05) is 0 Å². The third-order valence-corrected chi connectivity index (χ3v) is 10.9. The van der Waals surface area contributed by atoms with Crippen LogP contribution in [0.5, 0.6) is 0 Å². The Bertz CT molecular complexity index is 913. The molecule has 6 heteroatoms. The number of hydrogen-bond donors (Lipinski definition) is 1. The van der Waals surface area contributed by atoms with Gasteiger partial charge in [-0.3, -0.25) is 14.6 Å². The van der Waals surface area contributed by atoms with Crippen LogP contribution in [0.3, 0.4) is 0 Å². The number of amides is 1. The first-order valence-electron chi connectivity index (χ1n) is 13.4. The number of carbonyl (C=O) groups is 1. The van der Waals surface area contributed by atoms with Gasteiger partial charge in [0.1, 0.15) is 11.1 Å². The van der Waals surface area contributed by atoms with Crippen molar-refractivity contribution in [1.29, 1.82) is 5.26 Å². The number of carbonyl (C=O) groups excluding carboxylic acids is 1. The molecular formula is C27H38N4OS. The molecule has 1 aromatic heterocycles. The summed E-state index contributed by atoms with van der Waals surface area (Å²) in [6.45, 7) is 6.88. The lowest BCUT2D eigenvalue weighted by Gasteiger charge is -2.58. The fourth-order valence-corrected chi connectivity index (χ4v) is 9.62. The van der Waals surface area contributed by atoms with Crippen molar-refractivity contribution in [3.63, 3.8) is 0 Å². The highest BCUT2D eigenvalue weighted by atomic mass is 32.1. The van der Waals surface area contributed by atoms with Crippen LogP contribution in [0, 0.1) is 40.9 Å². The lowest BCUT2D eigenvalue weighted by molar-refractivity contribution is -0.118. The molecule has 1 atom stereocenters. The number of fused-ring (bicyclic) bond motifs is 1. The van der Waals surface area contributed by atoms with Crippen LogP contribution in [0.4, 0.5) is 5.00 Å². The number of nitriles is 1. The highest BCUT2D eigenvalue weighted by Gasteiger charge is 2.50. The maximum absolute atomic E-state index is 12.9. The molecule has 1 aromatic rings. The van der Waals surface area contributed by atoms with E-state index in [9.17, 15) is 10.1 Å². The Balaban J connectivity index is 1.03. The molecule has 33 heavy (non-hydrogen) atoms. The lowest BCUT2D eigenvalue weighted by Crippen LogP contribution is -2.60. The molecule has 0 radical (unpaired) electrons. The molecule has 1 aliphatic heterocycles. The molecule has 4 bridgehead atoms. The zero-order valence-electron chi connectivity index (χ0n) is 20.0. The first-order valence-corrected chi connectivity index (χ1v) is 14.2. The summed E-state index contributed by atoms with van der Waals surface area (Å²) < 4.78 is 0. The lowest BCUT2D eigenvalue weighted by atomic mass is 9.54. The topological polar surface area (TPSA) is 59.4 Å². The van der Waals surface area contributed by atoms with Crippen molar-refractivity contribution in [2.45, 2.75) is 70.8 Å². The molecule has 0 spiro atoms. The third kappa shape index (κ3) is 4.15. The van der Waals surface area contributed by atoms with Gasteiger partial charge in [-0.2, -0.15) is 5.26 Å². The molecule has 5 fully saturated rings. The number of anilines is 1. The first kappa shape index (κ1) is 22.1. The van der Waals surface area contributed by atoms with E-state index in [0.29, 0.717) is 6.54 Å². The molecule has 1 saturated heterocycles. The van der Waals surface area contributed by atoms with Crippen LogP contribution in [-0.4, -0.2) is 54.5 Å². The van der Waals surface area contributed by atoms with Crippen molar-refractivity contribution >= 4 is 22.2 Å². The van der Waals surface area contributed by atoms with Gasteiger partial charge in [-0.25, -0.2) is 0 Å². The van der Waals surface area contributed by atoms with E-state index >= 15 is 0 Å². The van der Waals surface area contributed by atoms with E-state index in [1.165, 1.54) is 49.0 Å². The molecule has 7 rings (SSSR count). The summed E-state index contributed by atoms with van der Waals surface area (Å²) >= 11 is 1.65. The second-order valence-electron chi connectivity index (χ2n) is 11.6. The molecule has 2 heterocycles. The fraction of sp³-hybridized carbons (Fsp3) is 0.778. The van der Waals surface area contributed by atoms with Gasteiger partial charge in [0.25, 0.3) is 0 Å². The van der Waals surface area contributed by atoms with Crippen LogP contribution in [0.1, 0.15) is 67.9 Å². The Labute approximate surface area is 202 Å². The van der Waals surface area contributed by atoms with Crippen molar-refractivity contribution in [2.24, 2.45) is 29.6 Å². The van der Waals surface area contributed by atoms with Gasteiger partial charge in [0.2, 0.25) is 5.91 Å². The number of rotatable bonds is 5. The number of piperazine rings is 1. The molecule has 1 N–H and O–H groups in total. The summed E-state index contributed by atoms with van der Waals surface area (Å²) in [4.78, 5) is 19.3. The standard InChI is InChI=1S/C27H38N4OS/c1-2-17-3-4-22-23(15-28)27(33-24(22)14-17)29-25(32)16-30-5-7-31(8-6-30)26-20-10-18-9-19(12-20)13-21(26)11-18/h17-21,26H,2-14,16H2,1H3,(H,29,32). The zero-order valence-corrected chi connectivity index (χ0v) is 20.8. The average molecular weight is 467 g/mol.